The quantitative estimate of drug-likeness (QED) is 0.585. The summed E-state index contributed by atoms with van der Waals surface area (Å²) < 4.78 is 67.6. The highest BCUT2D eigenvalue weighted by molar-refractivity contribution is 7.84. The lowest BCUT2D eigenvalue weighted by atomic mass is 9.87. The second kappa shape index (κ2) is 8.61. The summed E-state index contributed by atoms with van der Waals surface area (Å²) in [4.78, 5) is 0. The van der Waals surface area contributed by atoms with Gasteiger partial charge in [0.05, 0.1) is 5.56 Å². The molecule has 1 aromatic carbocycles. The van der Waals surface area contributed by atoms with Crippen molar-refractivity contribution < 1.29 is 30.9 Å². The summed E-state index contributed by atoms with van der Waals surface area (Å²) in [7, 11) is -4.20. The zero-order valence-electron chi connectivity index (χ0n) is 14.6. The number of halogens is 6. The van der Waals surface area contributed by atoms with Gasteiger partial charge in [-0.15, -0.1) is 0 Å². The van der Waals surface area contributed by atoms with Gasteiger partial charge in [0.15, 0.2) is 3.79 Å². The molecule has 1 rings (SSSR count). The van der Waals surface area contributed by atoms with Crippen molar-refractivity contribution in [1.29, 1.82) is 0 Å². The molecule has 0 fully saturated rings. The van der Waals surface area contributed by atoms with E-state index >= 15 is 0 Å². The van der Waals surface area contributed by atoms with E-state index in [0.717, 1.165) is 12.1 Å². The Labute approximate surface area is 171 Å². The Morgan fingerprint density at radius 2 is 1.63 bits per heavy atom. The van der Waals surface area contributed by atoms with E-state index in [0.29, 0.717) is 0 Å². The lowest BCUT2D eigenvalue weighted by Crippen LogP contribution is -2.39. The summed E-state index contributed by atoms with van der Waals surface area (Å²) in [6.07, 6.45) is -5.21. The van der Waals surface area contributed by atoms with Crippen LogP contribution < -0.4 is 4.72 Å². The second-order valence-electron chi connectivity index (χ2n) is 6.02. The minimum atomic E-state index is -4.59. The highest BCUT2D eigenvalue weighted by Crippen LogP contribution is 2.42. The predicted molar refractivity (Wildman–Crippen MR) is 98.3 cm³/mol. The SMILES string of the molecule is CCNS(=O)(=O)OCC(O)(CC(Cl)(Cl)Cl)c1cc(C)c(C(F)(F)F)c(C)c1. The molecule has 0 amide bonds. The van der Waals surface area contributed by atoms with E-state index in [2.05, 4.69) is 4.72 Å². The van der Waals surface area contributed by atoms with E-state index in [9.17, 15) is 26.7 Å². The lowest BCUT2D eigenvalue weighted by molar-refractivity contribution is -0.138. The first-order valence-electron chi connectivity index (χ1n) is 7.63. The fourth-order valence-corrected chi connectivity index (χ4v) is 4.09. The molecule has 0 radical (unpaired) electrons. The summed E-state index contributed by atoms with van der Waals surface area (Å²) in [5.41, 5.74) is -3.44. The number of benzene rings is 1. The third-order valence-corrected chi connectivity index (χ3v) is 5.09. The number of hydrogen-bond donors (Lipinski definition) is 2. The van der Waals surface area contributed by atoms with Gasteiger partial charge >= 0.3 is 16.5 Å². The number of aliphatic hydroxyl groups is 1. The molecule has 0 aliphatic heterocycles. The molecular formula is C15H19Cl3F3NO4S. The highest BCUT2D eigenvalue weighted by atomic mass is 35.6. The van der Waals surface area contributed by atoms with Gasteiger partial charge in [-0.05, 0) is 30.5 Å². The molecule has 0 bridgehead atoms. The number of aryl methyl sites for hydroxylation is 2. The maximum absolute atomic E-state index is 13.2. The maximum atomic E-state index is 13.2. The minimum Gasteiger partial charge on any atom is -0.383 e. The number of nitrogens with one attached hydrogen (secondary N) is 1. The average Bonchev–Trinajstić information content (AvgIpc) is 2.41. The summed E-state index contributed by atoms with van der Waals surface area (Å²) in [5.74, 6) is 0. The van der Waals surface area contributed by atoms with Gasteiger partial charge in [0.1, 0.15) is 12.2 Å². The van der Waals surface area contributed by atoms with Crippen LogP contribution in [-0.2, 0) is 26.3 Å². The Morgan fingerprint density at radius 1 is 1.15 bits per heavy atom. The molecule has 0 heterocycles. The average molecular weight is 473 g/mol. The zero-order valence-corrected chi connectivity index (χ0v) is 17.7. The van der Waals surface area contributed by atoms with Crippen LogP contribution >= 0.6 is 34.8 Å². The third-order valence-electron chi connectivity index (χ3n) is 3.62. The Bertz CT molecular complexity index is 758. The predicted octanol–water partition coefficient (Wildman–Crippen LogP) is 4.14. The number of rotatable bonds is 7. The zero-order chi connectivity index (χ0) is 21.3. The van der Waals surface area contributed by atoms with Crippen LogP contribution in [0.25, 0.3) is 0 Å². The Morgan fingerprint density at radius 3 is 2.00 bits per heavy atom. The van der Waals surface area contributed by atoms with Crippen LogP contribution in [-0.4, -0.2) is 30.5 Å². The van der Waals surface area contributed by atoms with E-state index in [1.807, 2.05) is 0 Å². The molecule has 156 valence electrons. The van der Waals surface area contributed by atoms with Gasteiger partial charge in [-0.2, -0.15) is 26.3 Å². The molecule has 0 aliphatic rings. The molecule has 27 heavy (non-hydrogen) atoms. The summed E-state index contributed by atoms with van der Waals surface area (Å²) >= 11 is 17.2. The van der Waals surface area contributed by atoms with Gasteiger partial charge < -0.3 is 5.11 Å². The van der Waals surface area contributed by atoms with E-state index in [1.54, 1.807) is 0 Å². The first kappa shape index (κ1) is 24.7. The van der Waals surface area contributed by atoms with Crippen molar-refractivity contribution in [3.63, 3.8) is 0 Å². The van der Waals surface area contributed by atoms with Crippen LogP contribution in [0.5, 0.6) is 0 Å². The second-order valence-corrected chi connectivity index (χ2v) is 9.97. The first-order valence-corrected chi connectivity index (χ1v) is 10.2. The normalized spacial score (nSPS) is 15.6. The summed E-state index contributed by atoms with van der Waals surface area (Å²) in [6, 6.07) is 2.13. The third kappa shape index (κ3) is 7.23. The molecule has 12 heteroatoms. The molecule has 0 saturated heterocycles. The van der Waals surface area contributed by atoms with E-state index in [4.69, 9.17) is 39.0 Å². The molecular weight excluding hydrogens is 454 g/mol. The van der Waals surface area contributed by atoms with Crippen molar-refractivity contribution in [2.75, 3.05) is 13.2 Å². The van der Waals surface area contributed by atoms with Crippen LogP contribution in [0.1, 0.15) is 35.6 Å². The van der Waals surface area contributed by atoms with Crippen LogP contribution in [0.15, 0.2) is 12.1 Å². The van der Waals surface area contributed by atoms with Gasteiger partial charge in [-0.3, -0.25) is 4.18 Å². The van der Waals surface area contributed by atoms with Gasteiger partial charge in [0.25, 0.3) is 0 Å². The Balaban J connectivity index is 3.40. The van der Waals surface area contributed by atoms with Crippen LogP contribution in [0.3, 0.4) is 0 Å². The van der Waals surface area contributed by atoms with Crippen molar-refractivity contribution in [3.05, 3.63) is 34.4 Å². The van der Waals surface area contributed by atoms with Crippen molar-refractivity contribution in [2.45, 2.75) is 42.8 Å². The van der Waals surface area contributed by atoms with Crippen molar-refractivity contribution in [1.82, 2.24) is 4.72 Å². The van der Waals surface area contributed by atoms with Crippen molar-refractivity contribution in [2.24, 2.45) is 0 Å². The van der Waals surface area contributed by atoms with E-state index in [-0.39, 0.29) is 23.2 Å². The molecule has 0 aromatic heterocycles. The molecule has 1 aromatic rings. The molecule has 0 spiro atoms. The fourth-order valence-electron chi connectivity index (χ4n) is 2.64. The smallest absolute Gasteiger partial charge is 0.383 e. The van der Waals surface area contributed by atoms with Gasteiger partial charge in [0.2, 0.25) is 0 Å². The standard InChI is InChI=1S/C15H19Cl3F3NO4S/c1-4-22-27(24,25)26-8-13(23,7-14(16,17)18)11-5-9(2)12(10(3)6-11)15(19,20)21/h5-6,22-23H,4,7-8H2,1-3H3. The topological polar surface area (TPSA) is 75.6 Å². The summed E-state index contributed by atoms with van der Waals surface area (Å²) in [6.45, 7) is 3.11. The first-order chi connectivity index (χ1) is 12.0. The van der Waals surface area contributed by atoms with E-state index in [1.165, 1.54) is 20.8 Å². The minimum absolute atomic E-state index is 0.0315. The van der Waals surface area contributed by atoms with Gasteiger partial charge in [-0.25, -0.2) is 0 Å². The largest absolute Gasteiger partial charge is 0.416 e. The van der Waals surface area contributed by atoms with Crippen LogP contribution in [0.2, 0.25) is 0 Å². The van der Waals surface area contributed by atoms with Crippen molar-refractivity contribution >= 4 is 45.1 Å². The molecule has 1 atom stereocenters. The molecule has 0 saturated carbocycles. The van der Waals surface area contributed by atoms with Crippen molar-refractivity contribution in [3.8, 4) is 0 Å². The lowest BCUT2D eigenvalue weighted by Gasteiger charge is -2.32. The van der Waals surface area contributed by atoms with E-state index < -0.39 is 44.5 Å². The van der Waals surface area contributed by atoms with Crippen LogP contribution in [0, 0.1) is 13.8 Å². The molecule has 5 nitrogen and oxygen atoms in total. The monoisotopic (exact) mass is 471 g/mol. The molecule has 0 aliphatic carbocycles. The fraction of sp³-hybridized carbons (Fsp3) is 0.600. The number of hydrogen-bond acceptors (Lipinski definition) is 4. The Hall–Kier alpha value is -0.290. The van der Waals surface area contributed by atoms with Gasteiger partial charge in [-0.1, -0.05) is 53.9 Å². The number of alkyl halides is 6. The Kier molecular flexibility index (Phi) is 7.89. The van der Waals surface area contributed by atoms with Crippen LogP contribution in [0.4, 0.5) is 13.2 Å². The maximum Gasteiger partial charge on any atom is 0.416 e. The highest BCUT2D eigenvalue weighted by Gasteiger charge is 2.42. The molecule has 2 N–H and O–H groups in total. The molecule has 1 unspecified atom stereocenters. The van der Waals surface area contributed by atoms with Gasteiger partial charge in [0, 0.05) is 13.0 Å². The summed E-state index contributed by atoms with van der Waals surface area (Å²) in [5, 5.41) is 10.9.